The van der Waals surface area contributed by atoms with Crippen LogP contribution in [0.15, 0.2) is 99.9 Å². The van der Waals surface area contributed by atoms with E-state index in [1.54, 1.807) is 41.8 Å². The number of nitrogens with zero attached hydrogens (tertiary/aromatic N) is 2. The summed E-state index contributed by atoms with van der Waals surface area (Å²) in [5.74, 6) is -0.622. The van der Waals surface area contributed by atoms with E-state index in [0.29, 0.717) is 38.0 Å². The van der Waals surface area contributed by atoms with E-state index < -0.39 is 18.6 Å². The van der Waals surface area contributed by atoms with Crippen LogP contribution in [-0.4, -0.2) is 28.2 Å². The number of thiazole rings is 1. The number of hydrogen-bond donors (Lipinski definition) is 2. The van der Waals surface area contributed by atoms with Gasteiger partial charge in [0.2, 0.25) is 0 Å². The number of carbonyl (C=O) groups excluding carboxylic acids is 1. The number of aromatic nitrogens is 1. The van der Waals surface area contributed by atoms with Gasteiger partial charge in [-0.2, -0.15) is 0 Å². The van der Waals surface area contributed by atoms with Crippen LogP contribution in [0.25, 0.3) is 6.08 Å². The standard InChI is InChI=1S/C32H29N3O5S/c1-19(2)22-11-13-23(14-12-22)29-28(30(38)34-24-7-5-4-6-8-24)20(3)33-32-35(29)31(39)26(41-32)17-21-9-15-25(16-10-21)40-18-27(36)37/h4-17,19,29H,18H2,1-3H3,(H,34,38)(H,36,37)/b26-17+. The zero-order chi connectivity index (χ0) is 29.1. The molecule has 2 N–H and O–H groups in total. The van der Waals surface area contributed by atoms with Crippen LogP contribution in [-0.2, 0) is 9.59 Å². The minimum atomic E-state index is -1.06. The molecule has 0 aliphatic carbocycles. The number of carboxylic acid groups (broad SMARTS) is 1. The number of carbonyl (C=O) groups is 2. The lowest BCUT2D eigenvalue weighted by molar-refractivity contribution is -0.139. The molecule has 0 radical (unpaired) electrons. The molecule has 0 saturated carbocycles. The summed E-state index contributed by atoms with van der Waals surface area (Å²) in [5, 5.41) is 11.8. The molecule has 0 bridgehead atoms. The highest BCUT2D eigenvalue weighted by atomic mass is 32.1. The fourth-order valence-corrected chi connectivity index (χ4v) is 5.71. The number of aliphatic carboxylic acids is 1. The number of amides is 1. The van der Waals surface area contributed by atoms with Crippen molar-refractivity contribution in [2.75, 3.05) is 11.9 Å². The lowest BCUT2D eigenvalue weighted by atomic mass is 9.93. The Balaban J connectivity index is 1.59. The maximum Gasteiger partial charge on any atom is 0.341 e. The number of para-hydroxylation sites is 1. The molecule has 2 heterocycles. The second-order valence-electron chi connectivity index (χ2n) is 9.97. The fraction of sp³-hybridized carbons (Fsp3) is 0.188. The van der Waals surface area contributed by atoms with Crippen LogP contribution in [0, 0.1) is 0 Å². The average Bonchev–Trinajstić information content (AvgIpc) is 3.26. The average molecular weight is 568 g/mol. The summed E-state index contributed by atoms with van der Waals surface area (Å²) in [6.45, 7) is 5.59. The van der Waals surface area contributed by atoms with Crippen molar-refractivity contribution in [2.45, 2.75) is 32.7 Å². The van der Waals surface area contributed by atoms with Crippen LogP contribution < -0.4 is 24.9 Å². The van der Waals surface area contributed by atoms with E-state index in [1.807, 2.05) is 54.6 Å². The number of fused-ring (bicyclic) bond motifs is 1. The molecular formula is C32H29N3O5S. The van der Waals surface area contributed by atoms with E-state index in [9.17, 15) is 14.4 Å². The Bertz CT molecular complexity index is 1800. The van der Waals surface area contributed by atoms with Crippen LogP contribution in [0.4, 0.5) is 5.69 Å². The molecule has 5 rings (SSSR count). The summed E-state index contributed by atoms with van der Waals surface area (Å²) in [5.41, 5.74) is 4.07. The molecule has 41 heavy (non-hydrogen) atoms. The summed E-state index contributed by atoms with van der Waals surface area (Å²) in [4.78, 5) is 43.5. The maximum atomic E-state index is 13.9. The molecule has 1 aliphatic heterocycles. The van der Waals surface area contributed by atoms with Gasteiger partial charge in [-0.1, -0.05) is 79.8 Å². The van der Waals surface area contributed by atoms with E-state index >= 15 is 0 Å². The minimum Gasteiger partial charge on any atom is -0.482 e. The highest BCUT2D eigenvalue weighted by molar-refractivity contribution is 7.07. The number of rotatable bonds is 8. The number of allylic oxidation sites excluding steroid dienone is 1. The Labute approximate surface area is 240 Å². The lowest BCUT2D eigenvalue weighted by Gasteiger charge is -2.25. The third kappa shape index (κ3) is 6.05. The predicted octanol–water partition coefficient (Wildman–Crippen LogP) is 4.46. The lowest BCUT2D eigenvalue weighted by Crippen LogP contribution is -2.40. The van der Waals surface area contributed by atoms with Gasteiger partial charge in [-0.3, -0.25) is 14.2 Å². The quantitative estimate of drug-likeness (QED) is 0.327. The second kappa shape index (κ2) is 11.8. The molecule has 1 unspecified atom stereocenters. The number of ether oxygens (including phenoxy) is 1. The van der Waals surface area contributed by atoms with Gasteiger partial charge in [0.1, 0.15) is 5.75 Å². The van der Waals surface area contributed by atoms with Crippen LogP contribution in [0.2, 0.25) is 0 Å². The summed E-state index contributed by atoms with van der Waals surface area (Å²) in [6.07, 6.45) is 1.76. The minimum absolute atomic E-state index is 0.254. The van der Waals surface area contributed by atoms with Gasteiger partial charge in [-0.15, -0.1) is 0 Å². The number of anilines is 1. The van der Waals surface area contributed by atoms with Crippen molar-refractivity contribution in [2.24, 2.45) is 4.99 Å². The van der Waals surface area contributed by atoms with E-state index in [1.165, 1.54) is 11.3 Å². The Morgan fingerprint density at radius 1 is 1.05 bits per heavy atom. The van der Waals surface area contributed by atoms with Crippen LogP contribution in [0.5, 0.6) is 5.75 Å². The van der Waals surface area contributed by atoms with Gasteiger partial charge in [0, 0.05) is 5.69 Å². The highest BCUT2D eigenvalue weighted by Gasteiger charge is 2.32. The predicted molar refractivity (Wildman–Crippen MR) is 159 cm³/mol. The first-order valence-electron chi connectivity index (χ1n) is 13.1. The van der Waals surface area contributed by atoms with E-state index in [4.69, 9.17) is 14.8 Å². The largest absolute Gasteiger partial charge is 0.482 e. The third-order valence-electron chi connectivity index (χ3n) is 6.76. The Morgan fingerprint density at radius 2 is 1.73 bits per heavy atom. The van der Waals surface area contributed by atoms with Crippen molar-refractivity contribution in [3.63, 3.8) is 0 Å². The highest BCUT2D eigenvalue weighted by Crippen LogP contribution is 2.31. The first kappa shape index (κ1) is 27.8. The molecule has 0 spiro atoms. The molecule has 208 valence electrons. The SMILES string of the molecule is CC1=C(C(=O)Nc2ccccc2)C(c2ccc(C(C)C)cc2)n2c(s/c(=C/c3ccc(OCC(=O)O)cc3)c2=O)=N1. The molecular weight excluding hydrogens is 538 g/mol. The van der Waals surface area contributed by atoms with Gasteiger partial charge in [0.25, 0.3) is 11.5 Å². The number of nitrogens with one attached hydrogen (secondary N) is 1. The molecule has 1 aromatic heterocycles. The fourth-order valence-electron chi connectivity index (χ4n) is 4.67. The smallest absolute Gasteiger partial charge is 0.341 e. The number of carboxylic acids is 1. The second-order valence-corrected chi connectivity index (χ2v) is 11.0. The summed E-state index contributed by atoms with van der Waals surface area (Å²) in [7, 11) is 0. The summed E-state index contributed by atoms with van der Waals surface area (Å²) >= 11 is 1.26. The van der Waals surface area contributed by atoms with Gasteiger partial charge in [0.05, 0.1) is 21.8 Å². The van der Waals surface area contributed by atoms with Gasteiger partial charge in [-0.05, 0) is 59.9 Å². The summed E-state index contributed by atoms with van der Waals surface area (Å²) in [6, 6.07) is 23.4. The molecule has 1 atom stereocenters. The Hall–Kier alpha value is -4.76. The number of benzene rings is 3. The van der Waals surface area contributed by atoms with Crippen LogP contribution in [0.3, 0.4) is 0 Å². The van der Waals surface area contributed by atoms with Crippen molar-refractivity contribution < 1.29 is 19.4 Å². The first-order chi connectivity index (χ1) is 19.7. The van der Waals surface area contributed by atoms with Crippen molar-refractivity contribution in [3.05, 3.63) is 127 Å². The first-order valence-corrected chi connectivity index (χ1v) is 14.0. The molecule has 0 fully saturated rings. The van der Waals surface area contributed by atoms with Crippen LogP contribution in [0.1, 0.15) is 49.4 Å². The Morgan fingerprint density at radius 3 is 2.37 bits per heavy atom. The molecule has 3 aromatic carbocycles. The summed E-state index contributed by atoms with van der Waals surface area (Å²) < 4.78 is 7.26. The van der Waals surface area contributed by atoms with Gasteiger partial charge in [-0.25, -0.2) is 9.79 Å². The molecule has 8 nitrogen and oxygen atoms in total. The van der Waals surface area contributed by atoms with E-state index in [-0.39, 0.29) is 11.5 Å². The topological polar surface area (TPSA) is 110 Å². The van der Waals surface area contributed by atoms with E-state index in [2.05, 4.69) is 19.2 Å². The van der Waals surface area contributed by atoms with Crippen molar-refractivity contribution in [1.82, 2.24) is 4.57 Å². The zero-order valence-corrected chi connectivity index (χ0v) is 23.6. The van der Waals surface area contributed by atoms with Crippen molar-refractivity contribution >= 4 is 35.0 Å². The zero-order valence-electron chi connectivity index (χ0n) is 22.8. The molecule has 4 aromatic rings. The van der Waals surface area contributed by atoms with Gasteiger partial charge >= 0.3 is 5.97 Å². The molecule has 0 saturated heterocycles. The van der Waals surface area contributed by atoms with Crippen molar-refractivity contribution in [1.29, 1.82) is 0 Å². The normalized spacial score (nSPS) is 14.9. The molecule has 1 aliphatic rings. The van der Waals surface area contributed by atoms with Crippen LogP contribution >= 0.6 is 11.3 Å². The van der Waals surface area contributed by atoms with Gasteiger partial charge < -0.3 is 15.2 Å². The van der Waals surface area contributed by atoms with E-state index in [0.717, 1.165) is 16.7 Å². The maximum absolute atomic E-state index is 13.9. The number of hydrogen-bond acceptors (Lipinski definition) is 6. The van der Waals surface area contributed by atoms with Gasteiger partial charge in [0.15, 0.2) is 11.4 Å². The molecule has 1 amide bonds. The third-order valence-corrected chi connectivity index (χ3v) is 7.74. The Kier molecular flexibility index (Phi) is 7.98. The molecule has 9 heteroatoms. The monoisotopic (exact) mass is 567 g/mol. The van der Waals surface area contributed by atoms with Crippen molar-refractivity contribution in [3.8, 4) is 5.75 Å².